The molecule has 2 fully saturated rings. The zero-order valence-electron chi connectivity index (χ0n) is 17.6. The van der Waals surface area contributed by atoms with Gasteiger partial charge in [-0.05, 0) is 68.9 Å². The molecule has 3 aliphatic heterocycles. The summed E-state index contributed by atoms with van der Waals surface area (Å²) in [5.41, 5.74) is 4.39. The average molecular weight is 391 g/mol. The van der Waals surface area contributed by atoms with E-state index in [0.29, 0.717) is 12.0 Å². The van der Waals surface area contributed by atoms with E-state index in [0.717, 1.165) is 25.3 Å². The van der Waals surface area contributed by atoms with Crippen LogP contribution in [0.4, 0.5) is 0 Å². The van der Waals surface area contributed by atoms with Crippen LogP contribution in [-0.2, 0) is 0 Å². The Hall–Kier alpha value is -1.84. The second kappa shape index (κ2) is 8.89. The van der Waals surface area contributed by atoms with Gasteiger partial charge in [-0.3, -0.25) is 4.90 Å². The van der Waals surface area contributed by atoms with Crippen LogP contribution in [-0.4, -0.2) is 49.1 Å². The van der Waals surface area contributed by atoms with Crippen LogP contribution in [0.1, 0.15) is 67.2 Å². The van der Waals surface area contributed by atoms with E-state index in [1.54, 1.807) is 0 Å². The van der Waals surface area contributed by atoms with Crippen LogP contribution >= 0.6 is 0 Å². The van der Waals surface area contributed by atoms with Crippen molar-refractivity contribution in [1.29, 1.82) is 0 Å². The lowest BCUT2D eigenvalue weighted by Crippen LogP contribution is -2.35. The highest BCUT2D eigenvalue weighted by Crippen LogP contribution is 2.47. The largest absolute Gasteiger partial charge is 0.493 e. The number of hydrogen-bond donors (Lipinski definition) is 0. The van der Waals surface area contributed by atoms with Crippen LogP contribution in [0.2, 0.25) is 0 Å². The van der Waals surface area contributed by atoms with Crippen molar-refractivity contribution in [2.45, 2.75) is 50.5 Å². The molecule has 2 aromatic rings. The van der Waals surface area contributed by atoms with Crippen molar-refractivity contribution >= 4 is 0 Å². The number of ether oxygens (including phenoxy) is 1. The molecule has 2 saturated heterocycles. The number of fused-ring (bicyclic) bond motifs is 3. The number of hydrogen-bond acceptors (Lipinski definition) is 3. The fourth-order valence-corrected chi connectivity index (χ4v) is 5.68. The second-order valence-electron chi connectivity index (χ2n) is 8.98. The summed E-state index contributed by atoms with van der Waals surface area (Å²) in [7, 11) is 0. The predicted octanol–water partition coefficient (Wildman–Crippen LogP) is 5.22. The van der Waals surface area contributed by atoms with Crippen LogP contribution in [0.5, 0.6) is 5.75 Å². The van der Waals surface area contributed by atoms with Gasteiger partial charge in [0, 0.05) is 30.6 Å². The third kappa shape index (κ3) is 4.08. The molecule has 0 N–H and O–H groups in total. The van der Waals surface area contributed by atoms with Crippen LogP contribution in [0, 0.1) is 0 Å². The molecule has 5 rings (SSSR count). The van der Waals surface area contributed by atoms with Gasteiger partial charge in [0.1, 0.15) is 5.75 Å². The fraction of sp³-hybridized carbons (Fsp3) is 0.538. The molecule has 0 unspecified atom stereocenters. The standard InChI is InChI=1S/C26H34N2O/c1-3-10-21(11-4-1)23-20-28-18-8-13-24(28)22-12-7-14-25(26(22)23)29-19-9-17-27-15-5-2-6-16-27/h1,3-4,7,10-12,14,23-24H,2,5-6,8-9,13,15-20H2/t23-,24-/m0/s1. The van der Waals surface area contributed by atoms with E-state index < -0.39 is 0 Å². The van der Waals surface area contributed by atoms with E-state index in [2.05, 4.69) is 58.3 Å². The Morgan fingerprint density at radius 1 is 0.862 bits per heavy atom. The maximum atomic E-state index is 6.45. The fourth-order valence-electron chi connectivity index (χ4n) is 5.68. The predicted molar refractivity (Wildman–Crippen MR) is 119 cm³/mol. The van der Waals surface area contributed by atoms with Gasteiger partial charge in [0.15, 0.2) is 0 Å². The maximum Gasteiger partial charge on any atom is 0.123 e. The van der Waals surface area contributed by atoms with Gasteiger partial charge in [0.25, 0.3) is 0 Å². The van der Waals surface area contributed by atoms with E-state index >= 15 is 0 Å². The molecule has 29 heavy (non-hydrogen) atoms. The molecule has 3 heterocycles. The van der Waals surface area contributed by atoms with Crippen molar-refractivity contribution < 1.29 is 4.74 Å². The first-order chi connectivity index (χ1) is 14.4. The Kier molecular flexibility index (Phi) is 5.87. The molecule has 0 amide bonds. The summed E-state index contributed by atoms with van der Waals surface area (Å²) in [6, 6.07) is 18.4. The zero-order chi connectivity index (χ0) is 19.5. The van der Waals surface area contributed by atoms with Gasteiger partial charge < -0.3 is 9.64 Å². The van der Waals surface area contributed by atoms with Crippen LogP contribution < -0.4 is 4.74 Å². The van der Waals surface area contributed by atoms with Gasteiger partial charge in [-0.15, -0.1) is 0 Å². The van der Waals surface area contributed by atoms with Crippen LogP contribution in [0.3, 0.4) is 0 Å². The Balaban J connectivity index is 1.35. The molecule has 154 valence electrons. The topological polar surface area (TPSA) is 15.7 Å². The first-order valence-corrected chi connectivity index (χ1v) is 11.7. The summed E-state index contributed by atoms with van der Waals surface area (Å²) >= 11 is 0. The molecular formula is C26H34N2O. The van der Waals surface area contributed by atoms with Gasteiger partial charge in [0.05, 0.1) is 6.61 Å². The summed E-state index contributed by atoms with van der Waals surface area (Å²) in [4.78, 5) is 5.30. The SMILES string of the molecule is c1ccc([C@@H]2CN3CCC[C@H]3c3cccc(OCCCN4CCCCC4)c32)cc1. The Bertz CT molecular complexity index is 800. The quantitative estimate of drug-likeness (QED) is 0.629. The Morgan fingerprint density at radius 3 is 2.59 bits per heavy atom. The molecule has 2 aromatic carbocycles. The monoisotopic (exact) mass is 390 g/mol. The molecule has 0 aromatic heterocycles. The Morgan fingerprint density at radius 2 is 1.72 bits per heavy atom. The normalized spacial score (nSPS) is 24.8. The van der Waals surface area contributed by atoms with Gasteiger partial charge in [0.2, 0.25) is 0 Å². The van der Waals surface area contributed by atoms with Crippen molar-refractivity contribution in [3.63, 3.8) is 0 Å². The highest BCUT2D eigenvalue weighted by Gasteiger charge is 2.38. The highest BCUT2D eigenvalue weighted by molar-refractivity contribution is 5.50. The summed E-state index contributed by atoms with van der Waals surface area (Å²) in [5, 5.41) is 0. The minimum absolute atomic E-state index is 0.416. The number of rotatable bonds is 6. The van der Waals surface area contributed by atoms with Crippen molar-refractivity contribution in [3.05, 3.63) is 65.2 Å². The average Bonchev–Trinajstić information content (AvgIpc) is 3.26. The van der Waals surface area contributed by atoms with Gasteiger partial charge in [-0.2, -0.15) is 0 Å². The molecule has 0 radical (unpaired) electrons. The smallest absolute Gasteiger partial charge is 0.123 e. The van der Waals surface area contributed by atoms with E-state index in [-0.39, 0.29) is 0 Å². The van der Waals surface area contributed by atoms with Crippen molar-refractivity contribution in [2.24, 2.45) is 0 Å². The molecule has 0 aliphatic carbocycles. The lowest BCUT2D eigenvalue weighted by atomic mass is 9.81. The van der Waals surface area contributed by atoms with Crippen LogP contribution in [0.25, 0.3) is 0 Å². The molecule has 3 aliphatic rings. The molecule has 3 nitrogen and oxygen atoms in total. The molecular weight excluding hydrogens is 356 g/mol. The lowest BCUT2D eigenvalue weighted by molar-refractivity contribution is 0.200. The summed E-state index contributed by atoms with van der Waals surface area (Å²) < 4.78 is 6.45. The molecule has 3 heteroatoms. The number of benzene rings is 2. The van der Waals surface area contributed by atoms with E-state index in [9.17, 15) is 0 Å². The van der Waals surface area contributed by atoms with Gasteiger partial charge >= 0.3 is 0 Å². The second-order valence-corrected chi connectivity index (χ2v) is 8.98. The zero-order valence-corrected chi connectivity index (χ0v) is 17.6. The van der Waals surface area contributed by atoms with E-state index in [1.807, 2.05) is 0 Å². The van der Waals surface area contributed by atoms with Crippen LogP contribution in [0.15, 0.2) is 48.5 Å². The number of nitrogens with zero attached hydrogens (tertiary/aromatic N) is 2. The Labute approximate surface area is 175 Å². The first kappa shape index (κ1) is 19.1. The molecule has 2 atom stereocenters. The molecule has 0 bridgehead atoms. The molecule has 0 spiro atoms. The summed E-state index contributed by atoms with van der Waals surface area (Å²) in [6.07, 6.45) is 7.85. The number of likely N-dealkylation sites (tertiary alicyclic amines) is 1. The summed E-state index contributed by atoms with van der Waals surface area (Å²) in [6.45, 7) is 6.89. The minimum Gasteiger partial charge on any atom is -0.493 e. The van der Waals surface area contributed by atoms with E-state index in [1.165, 1.54) is 75.0 Å². The van der Waals surface area contributed by atoms with Gasteiger partial charge in [-0.1, -0.05) is 48.9 Å². The molecule has 0 saturated carbocycles. The van der Waals surface area contributed by atoms with Crippen molar-refractivity contribution in [2.75, 3.05) is 39.3 Å². The van der Waals surface area contributed by atoms with Crippen molar-refractivity contribution in [3.8, 4) is 5.75 Å². The van der Waals surface area contributed by atoms with Crippen molar-refractivity contribution in [1.82, 2.24) is 9.80 Å². The first-order valence-electron chi connectivity index (χ1n) is 11.7. The third-order valence-corrected chi connectivity index (χ3v) is 7.11. The van der Waals surface area contributed by atoms with Gasteiger partial charge in [-0.25, -0.2) is 0 Å². The lowest BCUT2D eigenvalue weighted by Gasteiger charge is -2.38. The summed E-state index contributed by atoms with van der Waals surface area (Å²) in [5.74, 6) is 1.54. The minimum atomic E-state index is 0.416. The highest BCUT2D eigenvalue weighted by atomic mass is 16.5. The maximum absolute atomic E-state index is 6.45. The number of piperidine rings is 1. The third-order valence-electron chi connectivity index (χ3n) is 7.11. The van der Waals surface area contributed by atoms with E-state index in [4.69, 9.17) is 4.74 Å².